The van der Waals surface area contributed by atoms with Crippen LogP contribution in [0.1, 0.15) is 25.8 Å². The van der Waals surface area contributed by atoms with Crippen molar-refractivity contribution >= 4 is 0 Å². The third-order valence-corrected chi connectivity index (χ3v) is 2.92. The predicted molar refractivity (Wildman–Crippen MR) is 68.7 cm³/mol. The third-order valence-electron chi connectivity index (χ3n) is 2.92. The van der Waals surface area contributed by atoms with Crippen LogP contribution in [-0.2, 0) is 6.42 Å². The van der Waals surface area contributed by atoms with Gasteiger partial charge in [-0.2, -0.15) is 0 Å². The van der Waals surface area contributed by atoms with Gasteiger partial charge in [-0.05, 0) is 36.0 Å². The minimum atomic E-state index is 0.0916. The van der Waals surface area contributed by atoms with E-state index in [4.69, 9.17) is 14.6 Å². The van der Waals surface area contributed by atoms with Crippen LogP contribution < -0.4 is 9.47 Å². The second kappa shape index (κ2) is 5.92. The molecule has 0 radical (unpaired) electrons. The number of hydrogen-bond donors (Lipinski definition) is 1. The fraction of sp³-hybridized carbons (Fsp3) is 0.571. The Morgan fingerprint density at radius 1 is 1.12 bits per heavy atom. The zero-order valence-corrected chi connectivity index (χ0v) is 11.1. The quantitative estimate of drug-likeness (QED) is 0.828. The van der Waals surface area contributed by atoms with E-state index in [0.29, 0.717) is 0 Å². The highest BCUT2D eigenvalue weighted by Gasteiger charge is 2.18. The van der Waals surface area contributed by atoms with Crippen LogP contribution in [0.25, 0.3) is 0 Å². The molecule has 1 rings (SSSR count). The molecule has 0 amide bonds. The summed E-state index contributed by atoms with van der Waals surface area (Å²) in [5, 5.41) is 9.02. The van der Waals surface area contributed by atoms with Crippen LogP contribution in [0.2, 0.25) is 0 Å². The SMILES string of the molecule is COc1ccc(CC(C)(C)CCO)cc1OC. The van der Waals surface area contributed by atoms with Gasteiger partial charge in [0, 0.05) is 6.61 Å². The van der Waals surface area contributed by atoms with Crippen molar-refractivity contribution in [3.05, 3.63) is 23.8 Å². The Balaban J connectivity index is 2.85. The number of aliphatic hydroxyl groups is 1. The van der Waals surface area contributed by atoms with E-state index in [9.17, 15) is 0 Å². The highest BCUT2D eigenvalue weighted by molar-refractivity contribution is 5.43. The molecule has 1 aromatic carbocycles. The Kier molecular flexibility index (Phi) is 4.82. The van der Waals surface area contributed by atoms with Gasteiger partial charge in [0.05, 0.1) is 14.2 Å². The van der Waals surface area contributed by atoms with Crippen LogP contribution in [0.3, 0.4) is 0 Å². The van der Waals surface area contributed by atoms with E-state index in [1.54, 1.807) is 14.2 Å². The second-order valence-corrected chi connectivity index (χ2v) is 5.00. The Hall–Kier alpha value is -1.22. The van der Waals surface area contributed by atoms with Gasteiger partial charge in [0.25, 0.3) is 0 Å². The molecule has 0 saturated heterocycles. The molecule has 0 fully saturated rings. The van der Waals surface area contributed by atoms with E-state index in [-0.39, 0.29) is 12.0 Å². The zero-order chi connectivity index (χ0) is 12.9. The Morgan fingerprint density at radius 3 is 2.29 bits per heavy atom. The first-order chi connectivity index (χ1) is 8.02. The topological polar surface area (TPSA) is 38.7 Å². The molecule has 1 N–H and O–H groups in total. The van der Waals surface area contributed by atoms with Gasteiger partial charge in [0.1, 0.15) is 0 Å². The minimum absolute atomic E-state index is 0.0916. The number of rotatable bonds is 6. The van der Waals surface area contributed by atoms with Gasteiger partial charge in [-0.3, -0.25) is 0 Å². The standard InChI is InChI=1S/C14H22O3/c1-14(2,7-8-15)10-11-5-6-12(16-3)13(9-11)17-4/h5-6,9,15H,7-8,10H2,1-4H3. The molecule has 3 nitrogen and oxygen atoms in total. The molecule has 0 aliphatic heterocycles. The van der Waals surface area contributed by atoms with Crippen LogP contribution in [-0.4, -0.2) is 25.9 Å². The Bertz CT molecular complexity index is 358. The van der Waals surface area contributed by atoms with Crippen LogP contribution >= 0.6 is 0 Å². The van der Waals surface area contributed by atoms with Crippen molar-refractivity contribution in [2.75, 3.05) is 20.8 Å². The largest absolute Gasteiger partial charge is 0.493 e. The van der Waals surface area contributed by atoms with Crippen molar-refractivity contribution in [3.63, 3.8) is 0 Å². The van der Waals surface area contributed by atoms with Gasteiger partial charge in [-0.15, -0.1) is 0 Å². The number of benzene rings is 1. The van der Waals surface area contributed by atoms with Crippen LogP contribution in [0.4, 0.5) is 0 Å². The van der Waals surface area contributed by atoms with E-state index in [0.717, 1.165) is 24.3 Å². The molecule has 0 spiro atoms. The van der Waals surface area contributed by atoms with Crippen LogP contribution in [0.15, 0.2) is 18.2 Å². The molecule has 17 heavy (non-hydrogen) atoms. The fourth-order valence-corrected chi connectivity index (χ4v) is 1.93. The van der Waals surface area contributed by atoms with Crippen LogP contribution in [0, 0.1) is 5.41 Å². The molecule has 0 unspecified atom stereocenters. The lowest BCUT2D eigenvalue weighted by Crippen LogP contribution is -2.16. The van der Waals surface area contributed by atoms with Gasteiger partial charge in [-0.1, -0.05) is 19.9 Å². The molecule has 96 valence electrons. The first-order valence-electron chi connectivity index (χ1n) is 5.84. The van der Waals surface area contributed by atoms with E-state index >= 15 is 0 Å². The monoisotopic (exact) mass is 238 g/mol. The summed E-state index contributed by atoms with van der Waals surface area (Å²) in [4.78, 5) is 0. The molecule has 3 heteroatoms. The lowest BCUT2D eigenvalue weighted by atomic mass is 9.83. The summed E-state index contributed by atoms with van der Waals surface area (Å²) >= 11 is 0. The lowest BCUT2D eigenvalue weighted by Gasteiger charge is -2.24. The second-order valence-electron chi connectivity index (χ2n) is 5.00. The summed E-state index contributed by atoms with van der Waals surface area (Å²) in [6, 6.07) is 5.96. The highest BCUT2D eigenvalue weighted by Crippen LogP contribution is 2.31. The normalized spacial score (nSPS) is 11.4. The summed E-state index contributed by atoms with van der Waals surface area (Å²) in [5.74, 6) is 1.50. The first kappa shape index (κ1) is 13.8. The number of aliphatic hydroxyl groups excluding tert-OH is 1. The molecule has 0 aliphatic rings. The van der Waals surface area contributed by atoms with Crippen molar-refractivity contribution in [2.45, 2.75) is 26.7 Å². The van der Waals surface area contributed by atoms with E-state index in [1.165, 1.54) is 5.56 Å². The zero-order valence-electron chi connectivity index (χ0n) is 11.1. The Morgan fingerprint density at radius 2 is 1.76 bits per heavy atom. The smallest absolute Gasteiger partial charge is 0.160 e. The maximum absolute atomic E-state index is 9.02. The van der Waals surface area contributed by atoms with E-state index in [2.05, 4.69) is 13.8 Å². The molecule has 0 heterocycles. The van der Waals surface area contributed by atoms with Gasteiger partial charge >= 0.3 is 0 Å². The van der Waals surface area contributed by atoms with Crippen molar-refractivity contribution in [1.29, 1.82) is 0 Å². The summed E-state index contributed by atoms with van der Waals surface area (Å²) in [6.45, 7) is 4.53. The average Bonchev–Trinajstić information content (AvgIpc) is 2.28. The van der Waals surface area contributed by atoms with Gasteiger partial charge in [0.2, 0.25) is 0 Å². The van der Waals surface area contributed by atoms with Gasteiger partial charge in [-0.25, -0.2) is 0 Å². The van der Waals surface area contributed by atoms with E-state index < -0.39 is 0 Å². The van der Waals surface area contributed by atoms with Gasteiger partial charge < -0.3 is 14.6 Å². The maximum atomic E-state index is 9.02. The average molecular weight is 238 g/mol. The van der Waals surface area contributed by atoms with Crippen molar-refractivity contribution in [3.8, 4) is 11.5 Å². The summed E-state index contributed by atoms with van der Waals surface area (Å²) < 4.78 is 10.5. The summed E-state index contributed by atoms with van der Waals surface area (Å²) in [5.41, 5.74) is 1.29. The lowest BCUT2D eigenvalue weighted by molar-refractivity contribution is 0.211. The summed E-state index contributed by atoms with van der Waals surface area (Å²) in [6.07, 6.45) is 1.70. The molecule has 0 atom stereocenters. The maximum Gasteiger partial charge on any atom is 0.160 e. The molecule has 0 bridgehead atoms. The number of hydrogen-bond acceptors (Lipinski definition) is 3. The van der Waals surface area contributed by atoms with Crippen LogP contribution in [0.5, 0.6) is 11.5 Å². The number of methoxy groups -OCH3 is 2. The number of ether oxygens (including phenoxy) is 2. The first-order valence-corrected chi connectivity index (χ1v) is 5.84. The highest BCUT2D eigenvalue weighted by atomic mass is 16.5. The van der Waals surface area contributed by atoms with E-state index in [1.807, 2.05) is 18.2 Å². The molecular weight excluding hydrogens is 216 g/mol. The predicted octanol–water partition coefficient (Wildman–Crippen LogP) is 2.65. The fourth-order valence-electron chi connectivity index (χ4n) is 1.93. The van der Waals surface area contributed by atoms with Crippen molar-refractivity contribution in [2.24, 2.45) is 5.41 Å². The molecular formula is C14H22O3. The van der Waals surface area contributed by atoms with Crippen molar-refractivity contribution < 1.29 is 14.6 Å². The molecule has 0 aliphatic carbocycles. The third kappa shape index (κ3) is 3.93. The molecule has 0 saturated carbocycles. The minimum Gasteiger partial charge on any atom is -0.493 e. The van der Waals surface area contributed by atoms with Gasteiger partial charge in [0.15, 0.2) is 11.5 Å². The molecule has 0 aromatic heterocycles. The molecule has 1 aromatic rings. The van der Waals surface area contributed by atoms with Crippen molar-refractivity contribution in [1.82, 2.24) is 0 Å². The summed E-state index contributed by atoms with van der Waals surface area (Å²) in [7, 11) is 3.27. The Labute approximate surface area is 103 Å².